The first kappa shape index (κ1) is 28.4. The lowest BCUT2D eigenvalue weighted by atomic mass is 10.0. The summed E-state index contributed by atoms with van der Waals surface area (Å²) in [5, 5.41) is 14.3. The Hall–Kier alpha value is -3.22. The minimum Gasteiger partial charge on any atom is -0.351 e. The summed E-state index contributed by atoms with van der Waals surface area (Å²) in [4.78, 5) is 14.2. The Morgan fingerprint density at radius 3 is 1.86 bits per heavy atom. The summed E-state index contributed by atoms with van der Waals surface area (Å²) in [5.41, 5.74) is 9.15. The number of unbranched alkanes of at least 4 members (excludes halogenated alkanes) is 13. The maximum absolute atomic E-state index is 12.7. The van der Waals surface area contributed by atoms with Crippen LogP contribution in [-0.4, -0.2) is 26.7 Å². The zero-order valence-electron chi connectivity index (χ0n) is 22.5. The van der Waals surface area contributed by atoms with Crippen LogP contribution >= 0.6 is 0 Å². The van der Waals surface area contributed by atoms with E-state index in [9.17, 15) is 4.79 Å². The van der Waals surface area contributed by atoms with Crippen molar-refractivity contribution in [1.29, 1.82) is 0 Å². The van der Waals surface area contributed by atoms with Gasteiger partial charge in [0, 0.05) is 5.56 Å². The molecule has 0 unspecified atom stereocenters. The number of nitrogens with two attached hydrogens (primary N) is 1. The Morgan fingerprint density at radius 1 is 0.757 bits per heavy atom. The van der Waals surface area contributed by atoms with Gasteiger partial charge in [-0.1, -0.05) is 121 Å². The molecule has 0 bridgehead atoms. The summed E-state index contributed by atoms with van der Waals surface area (Å²) in [7, 11) is 0. The van der Waals surface area contributed by atoms with Gasteiger partial charge in [-0.05, 0) is 41.8 Å². The third-order valence-corrected chi connectivity index (χ3v) is 6.98. The molecule has 7 heteroatoms. The van der Waals surface area contributed by atoms with E-state index in [1.54, 1.807) is 4.90 Å². The van der Waals surface area contributed by atoms with Crippen molar-refractivity contribution in [2.24, 2.45) is 5.73 Å². The number of tetrazole rings is 1. The van der Waals surface area contributed by atoms with Crippen LogP contribution in [0.1, 0.15) is 102 Å². The third kappa shape index (κ3) is 9.30. The molecule has 0 atom stereocenters. The van der Waals surface area contributed by atoms with Crippen LogP contribution in [0.25, 0.3) is 11.4 Å². The summed E-state index contributed by atoms with van der Waals surface area (Å²) >= 11 is 0. The van der Waals surface area contributed by atoms with Gasteiger partial charge in [-0.3, -0.25) is 4.90 Å². The molecule has 0 spiro atoms. The highest BCUT2D eigenvalue weighted by Gasteiger charge is 2.22. The number of urea groups is 1. The molecule has 0 aliphatic heterocycles. The van der Waals surface area contributed by atoms with E-state index in [1.165, 1.54) is 83.5 Å². The van der Waals surface area contributed by atoms with Gasteiger partial charge < -0.3 is 5.73 Å². The molecule has 200 valence electrons. The molecule has 0 radical (unpaired) electrons. The van der Waals surface area contributed by atoms with E-state index in [0.717, 1.165) is 24.1 Å². The van der Waals surface area contributed by atoms with Gasteiger partial charge in [0.15, 0.2) is 0 Å². The highest BCUT2D eigenvalue weighted by atomic mass is 16.2. The number of anilines is 2. The largest absolute Gasteiger partial charge is 0.351 e. The van der Waals surface area contributed by atoms with Crippen LogP contribution in [0.2, 0.25) is 0 Å². The van der Waals surface area contributed by atoms with E-state index in [1.807, 2.05) is 42.5 Å². The van der Waals surface area contributed by atoms with Crippen LogP contribution in [0.5, 0.6) is 0 Å². The SMILES string of the molecule is CCCCCCCCCCCCCCCCc1ccccc1N(C(N)=O)c1ccccc1-c1nn[nH]n1. The Kier molecular flexibility index (Phi) is 12.7. The van der Waals surface area contributed by atoms with Crippen molar-refractivity contribution in [2.45, 2.75) is 103 Å². The molecule has 3 aromatic rings. The fourth-order valence-corrected chi connectivity index (χ4v) is 4.95. The number of amides is 2. The van der Waals surface area contributed by atoms with Gasteiger partial charge in [0.2, 0.25) is 5.82 Å². The number of aryl methyl sites for hydroxylation is 1. The van der Waals surface area contributed by atoms with Gasteiger partial charge in [0.1, 0.15) is 0 Å². The number of primary amides is 1. The molecule has 0 fully saturated rings. The molecule has 0 aliphatic carbocycles. The molecule has 0 aliphatic rings. The van der Waals surface area contributed by atoms with E-state index < -0.39 is 6.03 Å². The summed E-state index contributed by atoms with van der Waals surface area (Å²) in [5.74, 6) is 0.423. The van der Waals surface area contributed by atoms with E-state index in [4.69, 9.17) is 5.73 Å². The Morgan fingerprint density at radius 2 is 1.30 bits per heavy atom. The van der Waals surface area contributed by atoms with Crippen LogP contribution in [0, 0.1) is 0 Å². The summed E-state index contributed by atoms with van der Waals surface area (Å²) in [6.07, 6.45) is 19.6. The molecular formula is C30H44N6O. The zero-order valence-corrected chi connectivity index (χ0v) is 22.5. The molecular weight excluding hydrogens is 460 g/mol. The first-order chi connectivity index (χ1) is 18.2. The highest BCUT2D eigenvalue weighted by Crippen LogP contribution is 2.35. The average Bonchev–Trinajstić information content (AvgIpc) is 3.45. The second-order valence-corrected chi connectivity index (χ2v) is 9.90. The van der Waals surface area contributed by atoms with Gasteiger partial charge >= 0.3 is 6.03 Å². The molecule has 0 saturated heterocycles. The molecule has 1 heterocycles. The van der Waals surface area contributed by atoms with Gasteiger partial charge in [0.05, 0.1) is 11.4 Å². The number of carbonyl (C=O) groups is 1. The van der Waals surface area contributed by atoms with Crippen LogP contribution in [0.3, 0.4) is 0 Å². The Labute approximate surface area is 222 Å². The molecule has 3 rings (SSSR count). The maximum atomic E-state index is 12.7. The van der Waals surface area contributed by atoms with Crippen LogP contribution in [0.4, 0.5) is 16.2 Å². The molecule has 7 nitrogen and oxygen atoms in total. The zero-order chi connectivity index (χ0) is 26.1. The predicted octanol–water partition coefficient (Wildman–Crippen LogP) is 8.11. The number of aromatic nitrogens is 4. The van der Waals surface area contributed by atoms with E-state index in [2.05, 4.69) is 33.6 Å². The van der Waals surface area contributed by atoms with Crippen LogP contribution < -0.4 is 10.6 Å². The van der Waals surface area contributed by atoms with Crippen molar-refractivity contribution < 1.29 is 4.79 Å². The number of benzene rings is 2. The number of nitrogens with one attached hydrogen (secondary N) is 1. The van der Waals surface area contributed by atoms with Gasteiger partial charge in [-0.15, -0.1) is 10.2 Å². The number of rotatable bonds is 18. The van der Waals surface area contributed by atoms with E-state index in [-0.39, 0.29) is 0 Å². The second kappa shape index (κ2) is 16.5. The molecule has 1 aromatic heterocycles. The molecule has 2 aromatic carbocycles. The van der Waals surface area contributed by atoms with Gasteiger partial charge in [-0.25, -0.2) is 4.79 Å². The van der Waals surface area contributed by atoms with Crippen molar-refractivity contribution in [3.63, 3.8) is 0 Å². The predicted molar refractivity (Wildman–Crippen MR) is 152 cm³/mol. The normalized spacial score (nSPS) is 11.1. The number of aromatic amines is 1. The number of hydrogen-bond acceptors (Lipinski definition) is 4. The van der Waals surface area contributed by atoms with Crippen molar-refractivity contribution in [3.05, 3.63) is 54.1 Å². The molecule has 2 amide bonds. The number of H-pyrrole nitrogens is 1. The van der Waals surface area contributed by atoms with E-state index >= 15 is 0 Å². The molecule has 3 N–H and O–H groups in total. The Balaban J connectivity index is 1.45. The topological polar surface area (TPSA) is 101 Å². The number of nitrogens with zero attached hydrogens (tertiary/aromatic N) is 4. The highest BCUT2D eigenvalue weighted by molar-refractivity contribution is 6.02. The quantitative estimate of drug-likeness (QED) is 0.171. The van der Waals surface area contributed by atoms with Crippen LogP contribution in [-0.2, 0) is 6.42 Å². The number of carbonyl (C=O) groups excluding carboxylic acids is 1. The minimum atomic E-state index is -0.538. The lowest BCUT2D eigenvalue weighted by molar-refractivity contribution is 0.256. The fourth-order valence-electron chi connectivity index (χ4n) is 4.95. The first-order valence-corrected chi connectivity index (χ1v) is 14.2. The van der Waals surface area contributed by atoms with Crippen LogP contribution in [0.15, 0.2) is 48.5 Å². The number of para-hydroxylation sites is 2. The standard InChI is InChI=1S/C30H44N6O/c1-2-3-4-5-6-7-8-9-10-11-12-13-14-15-20-25-21-16-18-23-27(25)36(30(31)37)28-24-19-17-22-26(28)29-32-34-35-33-29/h16-19,21-24H,2-15,20H2,1H3,(H2,31,37)(H,32,33,34,35). The Bertz CT molecular complexity index is 1040. The van der Waals surface area contributed by atoms with Gasteiger partial charge in [-0.2, -0.15) is 5.21 Å². The van der Waals surface area contributed by atoms with E-state index in [0.29, 0.717) is 17.1 Å². The fraction of sp³-hybridized carbons (Fsp3) is 0.533. The molecule has 0 saturated carbocycles. The maximum Gasteiger partial charge on any atom is 0.323 e. The summed E-state index contributed by atoms with van der Waals surface area (Å²) in [6.45, 7) is 2.28. The lowest BCUT2D eigenvalue weighted by Gasteiger charge is -2.25. The smallest absolute Gasteiger partial charge is 0.323 e. The minimum absolute atomic E-state index is 0.423. The monoisotopic (exact) mass is 504 g/mol. The van der Waals surface area contributed by atoms with Crippen molar-refractivity contribution >= 4 is 17.4 Å². The van der Waals surface area contributed by atoms with Gasteiger partial charge in [0.25, 0.3) is 0 Å². The molecule has 37 heavy (non-hydrogen) atoms. The lowest BCUT2D eigenvalue weighted by Crippen LogP contribution is -2.32. The number of hydrogen-bond donors (Lipinski definition) is 2. The average molecular weight is 505 g/mol. The van der Waals surface area contributed by atoms with Crippen molar-refractivity contribution in [2.75, 3.05) is 4.90 Å². The van der Waals surface area contributed by atoms with Crippen molar-refractivity contribution in [3.8, 4) is 11.4 Å². The third-order valence-electron chi connectivity index (χ3n) is 6.98. The first-order valence-electron chi connectivity index (χ1n) is 14.2. The second-order valence-electron chi connectivity index (χ2n) is 9.90. The summed E-state index contributed by atoms with van der Waals surface area (Å²) < 4.78 is 0. The van der Waals surface area contributed by atoms with Crippen molar-refractivity contribution in [1.82, 2.24) is 20.6 Å². The summed E-state index contributed by atoms with van der Waals surface area (Å²) in [6, 6.07) is 15.0.